The summed E-state index contributed by atoms with van der Waals surface area (Å²) in [5, 5.41) is 10.6. The Kier molecular flexibility index (Phi) is 3.56. The molecule has 0 fully saturated rings. The summed E-state index contributed by atoms with van der Waals surface area (Å²) in [6.07, 6.45) is 2.39. The molecule has 6 heteroatoms. The maximum absolute atomic E-state index is 10.6. The molecule has 0 aromatic heterocycles. The van der Waals surface area contributed by atoms with Crippen molar-refractivity contribution in [2.45, 2.75) is 0 Å². The van der Waals surface area contributed by atoms with E-state index in [1.54, 1.807) is 6.07 Å². The Labute approximate surface area is 93.9 Å². The maximum atomic E-state index is 10.6. The van der Waals surface area contributed by atoms with E-state index in [0.717, 1.165) is 6.08 Å². The molecule has 0 aliphatic carbocycles. The smallest absolute Gasteiger partial charge is 0.276 e. The molecular weight excluding hydrogens is 264 g/mol. The SMILES string of the molecule is NC(=O)/C=C\c1cc(Br)ccc1[N+](=O)[O-]. The summed E-state index contributed by atoms with van der Waals surface area (Å²) in [4.78, 5) is 20.6. The number of halogens is 1. The Bertz CT molecular complexity index is 443. The van der Waals surface area contributed by atoms with Gasteiger partial charge in [-0.25, -0.2) is 0 Å². The Morgan fingerprint density at radius 1 is 1.53 bits per heavy atom. The summed E-state index contributed by atoms with van der Waals surface area (Å²) in [5.41, 5.74) is 5.15. The van der Waals surface area contributed by atoms with Crippen LogP contribution in [-0.4, -0.2) is 10.8 Å². The number of amides is 1. The summed E-state index contributed by atoms with van der Waals surface area (Å²) in [7, 11) is 0. The van der Waals surface area contributed by atoms with E-state index in [4.69, 9.17) is 5.73 Å². The minimum absolute atomic E-state index is 0.0734. The molecule has 15 heavy (non-hydrogen) atoms. The first-order valence-corrected chi connectivity index (χ1v) is 4.71. The lowest BCUT2D eigenvalue weighted by atomic mass is 10.1. The number of carbonyl (C=O) groups excluding carboxylic acids is 1. The third-order valence-electron chi connectivity index (χ3n) is 1.61. The van der Waals surface area contributed by atoms with Crippen LogP contribution in [0, 0.1) is 10.1 Å². The zero-order chi connectivity index (χ0) is 11.4. The topological polar surface area (TPSA) is 86.2 Å². The van der Waals surface area contributed by atoms with Gasteiger partial charge in [0, 0.05) is 16.6 Å². The number of primary amides is 1. The van der Waals surface area contributed by atoms with Gasteiger partial charge >= 0.3 is 0 Å². The predicted octanol–water partition coefficient (Wildman–Crippen LogP) is 1.86. The van der Waals surface area contributed by atoms with E-state index in [0.29, 0.717) is 10.0 Å². The van der Waals surface area contributed by atoms with Gasteiger partial charge in [0.15, 0.2) is 0 Å². The van der Waals surface area contributed by atoms with E-state index >= 15 is 0 Å². The second-order valence-corrected chi connectivity index (χ2v) is 3.61. The fraction of sp³-hybridized carbons (Fsp3) is 0. The molecule has 2 N–H and O–H groups in total. The summed E-state index contributed by atoms with van der Waals surface area (Å²) < 4.78 is 0.692. The van der Waals surface area contributed by atoms with Gasteiger partial charge in [-0.05, 0) is 18.2 Å². The number of hydrogen-bond acceptors (Lipinski definition) is 3. The van der Waals surface area contributed by atoms with Crippen molar-refractivity contribution in [3.05, 3.63) is 44.4 Å². The molecule has 0 bridgehead atoms. The average molecular weight is 271 g/mol. The van der Waals surface area contributed by atoms with Crippen molar-refractivity contribution in [2.75, 3.05) is 0 Å². The van der Waals surface area contributed by atoms with Crippen LogP contribution in [0.1, 0.15) is 5.56 Å². The summed E-state index contributed by atoms with van der Waals surface area (Å²) in [6, 6.07) is 4.45. The summed E-state index contributed by atoms with van der Waals surface area (Å²) in [5.74, 6) is -0.649. The first-order chi connectivity index (χ1) is 7.00. The van der Waals surface area contributed by atoms with Crippen LogP contribution in [0.4, 0.5) is 5.69 Å². The average Bonchev–Trinajstić information content (AvgIpc) is 2.14. The maximum Gasteiger partial charge on any atom is 0.276 e. The van der Waals surface area contributed by atoms with Crippen molar-refractivity contribution >= 4 is 33.6 Å². The second kappa shape index (κ2) is 4.70. The van der Waals surface area contributed by atoms with Crippen molar-refractivity contribution in [3.63, 3.8) is 0 Å². The highest BCUT2D eigenvalue weighted by molar-refractivity contribution is 9.10. The van der Waals surface area contributed by atoms with Gasteiger partial charge in [0.2, 0.25) is 5.91 Å². The molecule has 1 aromatic carbocycles. The molecule has 1 rings (SSSR count). The number of nitrogens with zero attached hydrogens (tertiary/aromatic N) is 1. The largest absolute Gasteiger partial charge is 0.366 e. The van der Waals surface area contributed by atoms with Gasteiger partial charge < -0.3 is 5.73 Å². The predicted molar refractivity (Wildman–Crippen MR) is 59.0 cm³/mol. The number of carbonyl (C=O) groups is 1. The molecule has 0 saturated carbocycles. The number of nitro groups is 1. The number of rotatable bonds is 3. The van der Waals surface area contributed by atoms with E-state index in [9.17, 15) is 14.9 Å². The molecule has 0 aliphatic heterocycles. The van der Waals surface area contributed by atoms with Crippen LogP contribution in [0.3, 0.4) is 0 Å². The molecular formula is C9H7BrN2O3. The van der Waals surface area contributed by atoms with Crippen molar-refractivity contribution < 1.29 is 9.72 Å². The van der Waals surface area contributed by atoms with E-state index in [1.165, 1.54) is 18.2 Å². The number of hydrogen-bond donors (Lipinski definition) is 1. The first kappa shape index (κ1) is 11.4. The monoisotopic (exact) mass is 270 g/mol. The molecule has 5 nitrogen and oxygen atoms in total. The van der Waals surface area contributed by atoms with Gasteiger partial charge in [0.1, 0.15) is 0 Å². The summed E-state index contributed by atoms with van der Waals surface area (Å²) >= 11 is 3.18. The van der Waals surface area contributed by atoms with Crippen molar-refractivity contribution in [2.24, 2.45) is 5.73 Å². The van der Waals surface area contributed by atoms with Crippen molar-refractivity contribution in [3.8, 4) is 0 Å². The Morgan fingerprint density at radius 3 is 2.73 bits per heavy atom. The van der Waals surface area contributed by atoms with Crippen molar-refractivity contribution in [1.29, 1.82) is 0 Å². The van der Waals surface area contributed by atoms with E-state index in [-0.39, 0.29) is 5.69 Å². The van der Waals surface area contributed by atoms with Gasteiger partial charge in [-0.3, -0.25) is 14.9 Å². The van der Waals surface area contributed by atoms with Crippen LogP contribution in [0.25, 0.3) is 6.08 Å². The van der Waals surface area contributed by atoms with Gasteiger partial charge in [0.05, 0.1) is 10.5 Å². The fourth-order valence-electron chi connectivity index (χ4n) is 0.997. The van der Waals surface area contributed by atoms with Gasteiger partial charge in [-0.2, -0.15) is 0 Å². The Morgan fingerprint density at radius 2 is 2.20 bits per heavy atom. The van der Waals surface area contributed by atoms with Gasteiger partial charge in [0.25, 0.3) is 5.69 Å². The molecule has 0 heterocycles. The molecule has 0 aliphatic rings. The minimum atomic E-state index is -0.649. The lowest BCUT2D eigenvalue weighted by molar-refractivity contribution is -0.385. The molecule has 0 radical (unpaired) electrons. The van der Waals surface area contributed by atoms with Crippen LogP contribution in [0.2, 0.25) is 0 Å². The van der Waals surface area contributed by atoms with Crippen LogP contribution in [0.15, 0.2) is 28.7 Å². The Balaban J connectivity index is 3.18. The second-order valence-electron chi connectivity index (χ2n) is 2.70. The van der Waals surface area contributed by atoms with Crippen LogP contribution in [0.5, 0.6) is 0 Å². The Hall–Kier alpha value is -1.69. The van der Waals surface area contributed by atoms with Gasteiger partial charge in [-0.1, -0.05) is 15.9 Å². The quantitative estimate of drug-likeness (QED) is 0.517. The molecule has 0 unspecified atom stereocenters. The standard InChI is InChI=1S/C9H7BrN2O3/c10-7-2-3-8(12(14)15)6(5-7)1-4-9(11)13/h1-5H,(H2,11,13)/b4-1-. The molecule has 78 valence electrons. The number of nitrogens with two attached hydrogens (primary N) is 1. The zero-order valence-electron chi connectivity index (χ0n) is 7.51. The van der Waals surface area contributed by atoms with Crippen LogP contribution >= 0.6 is 15.9 Å². The highest BCUT2D eigenvalue weighted by atomic mass is 79.9. The number of benzene rings is 1. The lowest BCUT2D eigenvalue weighted by Crippen LogP contribution is -2.05. The third kappa shape index (κ3) is 3.17. The first-order valence-electron chi connectivity index (χ1n) is 3.92. The molecule has 1 aromatic rings. The normalized spacial score (nSPS) is 10.5. The summed E-state index contributed by atoms with van der Waals surface area (Å²) in [6.45, 7) is 0. The van der Waals surface area contributed by atoms with Crippen LogP contribution < -0.4 is 5.73 Å². The molecule has 0 saturated heterocycles. The molecule has 0 spiro atoms. The zero-order valence-corrected chi connectivity index (χ0v) is 9.10. The van der Waals surface area contributed by atoms with Gasteiger partial charge in [-0.15, -0.1) is 0 Å². The molecule has 0 atom stereocenters. The van der Waals surface area contributed by atoms with E-state index in [1.807, 2.05) is 0 Å². The van der Waals surface area contributed by atoms with Crippen LogP contribution in [-0.2, 0) is 4.79 Å². The highest BCUT2D eigenvalue weighted by Gasteiger charge is 2.11. The fourth-order valence-corrected chi connectivity index (χ4v) is 1.38. The third-order valence-corrected chi connectivity index (χ3v) is 2.11. The molecule has 1 amide bonds. The lowest BCUT2D eigenvalue weighted by Gasteiger charge is -1.97. The minimum Gasteiger partial charge on any atom is -0.366 e. The number of nitro benzene ring substituents is 1. The van der Waals surface area contributed by atoms with E-state index < -0.39 is 10.8 Å². The highest BCUT2D eigenvalue weighted by Crippen LogP contribution is 2.23. The van der Waals surface area contributed by atoms with E-state index in [2.05, 4.69) is 15.9 Å². The van der Waals surface area contributed by atoms with Crippen molar-refractivity contribution in [1.82, 2.24) is 0 Å².